The highest BCUT2D eigenvalue weighted by molar-refractivity contribution is 5.94. The van der Waals surface area contributed by atoms with Gasteiger partial charge in [-0.3, -0.25) is 4.79 Å². The summed E-state index contributed by atoms with van der Waals surface area (Å²) in [6.45, 7) is 1.68. The maximum Gasteiger partial charge on any atom is 0.224 e. The molecular formula is C20H29N3O2. The van der Waals surface area contributed by atoms with Gasteiger partial charge in [-0.25, -0.2) is 0 Å². The fraction of sp³-hybridized carbons (Fsp3) is 0.650. The molecule has 0 aliphatic carbocycles. The molecule has 5 heteroatoms. The number of amides is 1. The Balaban J connectivity index is 1.38. The van der Waals surface area contributed by atoms with Crippen LogP contribution >= 0.6 is 0 Å². The average molecular weight is 343 g/mol. The molecule has 0 radical (unpaired) electrons. The Hall–Kier alpha value is -1.59. The van der Waals surface area contributed by atoms with Gasteiger partial charge < -0.3 is 20.6 Å². The van der Waals surface area contributed by atoms with Gasteiger partial charge in [0.25, 0.3) is 0 Å². The summed E-state index contributed by atoms with van der Waals surface area (Å²) in [5.41, 5.74) is 1.98. The Morgan fingerprint density at radius 3 is 2.52 bits per heavy atom. The molecule has 3 aliphatic rings. The molecule has 0 spiro atoms. The van der Waals surface area contributed by atoms with Gasteiger partial charge in [0.1, 0.15) is 0 Å². The predicted molar refractivity (Wildman–Crippen MR) is 99.8 cm³/mol. The second-order valence-corrected chi connectivity index (χ2v) is 7.96. The first-order valence-electron chi connectivity index (χ1n) is 9.75. The molecule has 136 valence electrons. The third-order valence-corrected chi connectivity index (χ3v) is 6.03. The highest BCUT2D eigenvalue weighted by Crippen LogP contribution is 2.33. The van der Waals surface area contributed by atoms with Crippen molar-refractivity contribution in [3.8, 4) is 0 Å². The van der Waals surface area contributed by atoms with Crippen molar-refractivity contribution in [3.05, 3.63) is 24.3 Å². The van der Waals surface area contributed by atoms with Crippen molar-refractivity contribution >= 4 is 17.3 Å². The summed E-state index contributed by atoms with van der Waals surface area (Å²) in [4.78, 5) is 14.9. The number of fused-ring (bicyclic) bond motifs is 2. The summed E-state index contributed by atoms with van der Waals surface area (Å²) in [7, 11) is 0. The molecule has 1 amide bonds. The number of para-hydroxylation sites is 2. The minimum absolute atomic E-state index is 0.135. The van der Waals surface area contributed by atoms with Gasteiger partial charge in [-0.05, 0) is 56.6 Å². The number of aliphatic hydroxyl groups is 1. The van der Waals surface area contributed by atoms with E-state index >= 15 is 0 Å². The number of hydrogen-bond donors (Lipinski definition) is 3. The van der Waals surface area contributed by atoms with Crippen molar-refractivity contribution in [2.45, 2.75) is 63.1 Å². The minimum atomic E-state index is -0.187. The van der Waals surface area contributed by atoms with E-state index in [-0.39, 0.29) is 12.0 Å². The number of rotatable bonds is 4. The lowest BCUT2D eigenvalue weighted by Crippen LogP contribution is -2.39. The van der Waals surface area contributed by atoms with E-state index < -0.39 is 0 Å². The smallest absolute Gasteiger partial charge is 0.224 e. The monoisotopic (exact) mass is 343 g/mol. The van der Waals surface area contributed by atoms with Gasteiger partial charge in [0.2, 0.25) is 5.91 Å². The lowest BCUT2D eigenvalue weighted by molar-refractivity contribution is -0.117. The Labute approximate surface area is 149 Å². The fourth-order valence-electron chi connectivity index (χ4n) is 4.77. The zero-order valence-corrected chi connectivity index (χ0v) is 14.8. The summed E-state index contributed by atoms with van der Waals surface area (Å²) in [6.07, 6.45) is 6.83. The number of nitrogens with one attached hydrogen (secondary N) is 2. The number of carbonyl (C=O) groups excluding carboxylic acids is 1. The van der Waals surface area contributed by atoms with E-state index in [9.17, 15) is 9.90 Å². The van der Waals surface area contributed by atoms with Gasteiger partial charge in [-0.2, -0.15) is 0 Å². The number of nitrogens with zero attached hydrogens (tertiary/aromatic N) is 1. The molecule has 3 saturated heterocycles. The molecular weight excluding hydrogens is 314 g/mol. The molecule has 4 rings (SSSR count). The first-order chi connectivity index (χ1) is 12.2. The number of aliphatic hydroxyl groups excluding tert-OH is 1. The molecule has 25 heavy (non-hydrogen) atoms. The van der Waals surface area contributed by atoms with Crippen LogP contribution in [0.2, 0.25) is 0 Å². The summed E-state index contributed by atoms with van der Waals surface area (Å²) >= 11 is 0. The summed E-state index contributed by atoms with van der Waals surface area (Å²) in [5.74, 6) is 0.645. The van der Waals surface area contributed by atoms with Gasteiger partial charge in [-0.15, -0.1) is 0 Å². The molecule has 3 fully saturated rings. The number of carbonyl (C=O) groups is 1. The molecule has 5 nitrogen and oxygen atoms in total. The van der Waals surface area contributed by atoms with Crippen LogP contribution < -0.4 is 15.5 Å². The number of piperidine rings is 2. The molecule has 2 atom stereocenters. The Morgan fingerprint density at radius 2 is 1.80 bits per heavy atom. The molecule has 3 N–H and O–H groups in total. The van der Waals surface area contributed by atoms with Crippen molar-refractivity contribution in [3.63, 3.8) is 0 Å². The van der Waals surface area contributed by atoms with E-state index in [1.807, 2.05) is 18.2 Å². The maximum atomic E-state index is 12.6. The molecule has 1 aromatic rings. The van der Waals surface area contributed by atoms with E-state index in [1.165, 1.54) is 12.8 Å². The van der Waals surface area contributed by atoms with Crippen LogP contribution in [0.3, 0.4) is 0 Å². The molecule has 3 heterocycles. The molecule has 1 aromatic carbocycles. The van der Waals surface area contributed by atoms with Crippen molar-refractivity contribution in [2.75, 3.05) is 23.3 Å². The third kappa shape index (κ3) is 3.98. The van der Waals surface area contributed by atoms with Crippen LogP contribution in [-0.4, -0.2) is 42.3 Å². The maximum absolute atomic E-state index is 12.6. The molecule has 3 aliphatic heterocycles. The van der Waals surface area contributed by atoms with E-state index in [0.717, 1.165) is 50.1 Å². The van der Waals surface area contributed by atoms with Crippen LogP contribution in [0.1, 0.15) is 44.9 Å². The average Bonchev–Trinajstić information content (AvgIpc) is 2.95. The minimum Gasteiger partial charge on any atom is -0.393 e. The van der Waals surface area contributed by atoms with Crippen LogP contribution in [0.5, 0.6) is 0 Å². The Kier molecular flexibility index (Phi) is 4.95. The summed E-state index contributed by atoms with van der Waals surface area (Å²) in [5, 5.41) is 16.5. The van der Waals surface area contributed by atoms with E-state index in [0.29, 0.717) is 24.4 Å². The number of benzene rings is 1. The Bertz CT molecular complexity index is 601. The van der Waals surface area contributed by atoms with Crippen LogP contribution in [0.15, 0.2) is 24.3 Å². The van der Waals surface area contributed by atoms with Crippen molar-refractivity contribution in [1.29, 1.82) is 0 Å². The van der Waals surface area contributed by atoms with E-state index in [1.54, 1.807) is 0 Å². The quantitative estimate of drug-likeness (QED) is 0.786. The van der Waals surface area contributed by atoms with Crippen LogP contribution in [0.25, 0.3) is 0 Å². The van der Waals surface area contributed by atoms with Gasteiger partial charge in [-0.1, -0.05) is 12.1 Å². The first-order valence-corrected chi connectivity index (χ1v) is 9.75. The fourth-order valence-corrected chi connectivity index (χ4v) is 4.77. The lowest BCUT2D eigenvalue weighted by atomic mass is 9.89. The van der Waals surface area contributed by atoms with Crippen LogP contribution in [-0.2, 0) is 4.79 Å². The second kappa shape index (κ2) is 7.34. The highest BCUT2D eigenvalue weighted by atomic mass is 16.3. The van der Waals surface area contributed by atoms with Gasteiger partial charge >= 0.3 is 0 Å². The largest absolute Gasteiger partial charge is 0.393 e. The lowest BCUT2D eigenvalue weighted by Gasteiger charge is -2.33. The predicted octanol–water partition coefficient (Wildman–Crippen LogP) is 2.51. The van der Waals surface area contributed by atoms with Gasteiger partial charge in [0.05, 0.1) is 17.5 Å². The molecule has 0 saturated carbocycles. The SMILES string of the molecule is O=C(CC1CC2CCC(C1)N2)Nc1ccccc1N1CCC(O)CC1. The molecule has 0 aromatic heterocycles. The molecule has 2 bridgehead atoms. The van der Waals surface area contributed by atoms with Crippen molar-refractivity contribution < 1.29 is 9.90 Å². The first kappa shape index (κ1) is 16.9. The van der Waals surface area contributed by atoms with Crippen LogP contribution in [0.4, 0.5) is 11.4 Å². The van der Waals surface area contributed by atoms with Gasteiger partial charge in [0.15, 0.2) is 0 Å². The van der Waals surface area contributed by atoms with Gasteiger partial charge in [0, 0.05) is 31.6 Å². The van der Waals surface area contributed by atoms with Crippen LogP contribution in [0, 0.1) is 5.92 Å². The summed E-state index contributed by atoms with van der Waals surface area (Å²) < 4.78 is 0. The van der Waals surface area contributed by atoms with E-state index in [4.69, 9.17) is 0 Å². The second-order valence-electron chi connectivity index (χ2n) is 7.96. The summed E-state index contributed by atoms with van der Waals surface area (Å²) in [6, 6.07) is 9.30. The van der Waals surface area contributed by atoms with Crippen molar-refractivity contribution in [1.82, 2.24) is 5.32 Å². The van der Waals surface area contributed by atoms with E-state index in [2.05, 4.69) is 21.6 Å². The number of anilines is 2. The molecule has 2 unspecified atom stereocenters. The topological polar surface area (TPSA) is 64.6 Å². The zero-order chi connectivity index (χ0) is 17.2. The highest BCUT2D eigenvalue weighted by Gasteiger charge is 2.34. The number of hydrogen-bond acceptors (Lipinski definition) is 4. The normalized spacial score (nSPS) is 29.6. The zero-order valence-electron chi connectivity index (χ0n) is 14.8. The standard InChI is InChI=1S/C20H29N3O2/c24-17-7-9-23(10-8-17)19-4-2-1-3-18(19)22-20(25)13-14-11-15-5-6-16(12-14)21-15/h1-4,14-17,21,24H,5-13H2,(H,22,25). The third-order valence-electron chi connectivity index (χ3n) is 6.03. The van der Waals surface area contributed by atoms with Crippen molar-refractivity contribution in [2.24, 2.45) is 5.92 Å². The Morgan fingerprint density at radius 1 is 1.12 bits per heavy atom.